The van der Waals surface area contributed by atoms with Crippen LogP contribution in [0.3, 0.4) is 0 Å². The second-order valence-corrected chi connectivity index (χ2v) is 5.84. The Kier molecular flexibility index (Phi) is 3.12. The Morgan fingerprint density at radius 2 is 1.39 bits per heavy atom. The third-order valence-electron chi connectivity index (χ3n) is 2.50. The molecule has 0 heterocycles. The number of benzene rings is 2. The van der Waals surface area contributed by atoms with Gasteiger partial charge in [0, 0.05) is 21.9 Å². The lowest BCUT2D eigenvalue weighted by atomic mass is 10.3. The molecule has 2 aromatic carbocycles. The first-order valence-electron chi connectivity index (χ1n) is 5.14. The van der Waals surface area contributed by atoms with Gasteiger partial charge >= 0.3 is 0 Å². The van der Waals surface area contributed by atoms with Crippen LogP contribution in [0.25, 0.3) is 0 Å². The van der Waals surface area contributed by atoms with Crippen molar-refractivity contribution in [3.8, 4) is 0 Å². The monoisotopic (exact) mass is 261 g/mol. The maximum Gasteiger partial charge on any atom is 0.269 e. The van der Waals surface area contributed by atoms with Crippen LogP contribution < -0.4 is 0 Å². The highest BCUT2D eigenvalue weighted by molar-refractivity contribution is 7.93. The molecule has 0 atom stereocenters. The standard InChI is InChI=1S/C12H11N3O2S/c13-18(14,11-4-2-1-3-5-11)12-8-6-10(7-9-12)15(16)17/h1-9,13-14H. The number of nitrogens with zero attached hydrogens (tertiary/aromatic N) is 1. The molecule has 0 fully saturated rings. The lowest BCUT2D eigenvalue weighted by Crippen LogP contribution is -1.98. The quantitative estimate of drug-likeness (QED) is 0.651. The molecule has 0 aromatic heterocycles. The Bertz CT molecular complexity index is 664. The van der Waals surface area contributed by atoms with Crippen molar-refractivity contribution in [1.29, 1.82) is 9.56 Å². The Labute approximate surface area is 105 Å². The van der Waals surface area contributed by atoms with Crippen LogP contribution in [0, 0.1) is 19.7 Å². The lowest BCUT2D eigenvalue weighted by molar-refractivity contribution is -0.384. The van der Waals surface area contributed by atoms with Gasteiger partial charge in [0.2, 0.25) is 0 Å². The predicted molar refractivity (Wildman–Crippen MR) is 68.9 cm³/mol. The minimum absolute atomic E-state index is 0.0259. The van der Waals surface area contributed by atoms with E-state index in [4.69, 9.17) is 9.56 Å². The molecule has 0 amide bonds. The predicted octanol–water partition coefficient (Wildman–Crippen LogP) is 3.69. The zero-order valence-corrected chi connectivity index (χ0v) is 10.2. The van der Waals surface area contributed by atoms with Gasteiger partial charge in [0.05, 0.1) is 4.92 Å². The van der Waals surface area contributed by atoms with E-state index in [0.29, 0.717) is 9.79 Å². The van der Waals surface area contributed by atoms with Gasteiger partial charge in [-0.05, 0) is 33.9 Å². The average molecular weight is 261 g/mol. The van der Waals surface area contributed by atoms with Gasteiger partial charge in [-0.2, -0.15) is 0 Å². The molecule has 0 spiro atoms. The fourth-order valence-electron chi connectivity index (χ4n) is 1.53. The van der Waals surface area contributed by atoms with Crippen molar-refractivity contribution < 1.29 is 4.92 Å². The molecular weight excluding hydrogens is 250 g/mol. The summed E-state index contributed by atoms with van der Waals surface area (Å²) in [6, 6.07) is 14.5. The van der Waals surface area contributed by atoms with Crippen molar-refractivity contribution in [3.05, 3.63) is 64.7 Å². The summed E-state index contributed by atoms with van der Waals surface area (Å²) in [5.41, 5.74) is -0.0259. The van der Waals surface area contributed by atoms with Crippen molar-refractivity contribution in [1.82, 2.24) is 0 Å². The van der Waals surface area contributed by atoms with Crippen LogP contribution in [0.15, 0.2) is 64.4 Å². The molecule has 2 N–H and O–H groups in total. The average Bonchev–Trinajstić information content (AvgIpc) is 2.40. The topological polar surface area (TPSA) is 90.8 Å². The second kappa shape index (κ2) is 4.58. The van der Waals surface area contributed by atoms with E-state index in [1.165, 1.54) is 24.3 Å². The third-order valence-corrected chi connectivity index (χ3v) is 4.46. The molecule has 0 aliphatic rings. The molecule has 0 aliphatic heterocycles. The van der Waals surface area contributed by atoms with Crippen LogP contribution in [0.4, 0.5) is 5.69 Å². The summed E-state index contributed by atoms with van der Waals surface area (Å²) in [6.45, 7) is 0. The summed E-state index contributed by atoms with van der Waals surface area (Å²) in [5.74, 6) is 0. The largest absolute Gasteiger partial charge is 0.269 e. The van der Waals surface area contributed by atoms with Gasteiger partial charge in [0.15, 0.2) is 0 Å². The number of nitro groups is 1. The summed E-state index contributed by atoms with van der Waals surface area (Å²) in [6.07, 6.45) is 0. The molecule has 2 rings (SSSR count). The second-order valence-electron chi connectivity index (χ2n) is 3.68. The zero-order valence-electron chi connectivity index (χ0n) is 9.37. The highest BCUT2D eigenvalue weighted by atomic mass is 32.2. The Morgan fingerprint density at radius 3 is 1.89 bits per heavy atom. The molecule has 0 aliphatic carbocycles. The van der Waals surface area contributed by atoms with Gasteiger partial charge in [-0.15, -0.1) is 0 Å². The summed E-state index contributed by atoms with van der Waals surface area (Å²) >= 11 is 0. The van der Waals surface area contributed by atoms with E-state index in [9.17, 15) is 10.1 Å². The van der Waals surface area contributed by atoms with Gasteiger partial charge in [0.1, 0.15) is 0 Å². The number of nitrogens with one attached hydrogen (secondary N) is 2. The third kappa shape index (κ3) is 2.23. The maximum absolute atomic E-state index is 10.6. The van der Waals surface area contributed by atoms with E-state index < -0.39 is 14.5 Å². The van der Waals surface area contributed by atoms with E-state index in [-0.39, 0.29) is 5.69 Å². The summed E-state index contributed by atoms with van der Waals surface area (Å²) in [4.78, 5) is 11.2. The molecule has 0 bridgehead atoms. The minimum atomic E-state index is -2.60. The number of nitro benzene ring substituents is 1. The van der Waals surface area contributed by atoms with Crippen LogP contribution in [0.5, 0.6) is 0 Å². The van der Waals surface area contributed by atoms with Crippen LogP contribution in [-0.4, -0.2) is 4.92 Å². The van der Waals surface area contributed by atoms with Crippen LogP contribution in [0.2, 0.25) is 0 Å². The lowest BCUT2D eigenvalue weighted by Gasteiger charge is -2.10. The molecule has 2 aromatic rings. The summed E-state index contributed by atoms with van der Waals surface area (Å²) in [7, 11) is -2.60. The number of hydrogen-bond donors (Lipinski definition) is 2. The molecule has 6 heteroatoms. The van der Waals surface area contributed by atoms with Crippen molar-refractivity contribution >= 4 is 15.3 Å². The Morgan fingerprint density at radius 1 is 0.889 bits per heavy atom. The number of hydrogen-bond acceptors (Lipinski definition) is 4. The highest BCUT2D eigenvalue weighted by Crippen LogP contribution is 2.24. The Balaban J connectivity index is 2.46. The van der Waals surface area contributed by atoms with Gasteiger partial charge < -0.3 is 0 Å². The smallest absolute Gasteiger partial charge is 0.262 e. The molecule has 0 unspecified atom stereocenters. The minimum Gasteiger partial charge on any atom is -0.262 e. The zero-order chi connectivity index (χ0) is 13.2. The number of non-ortho nitro benzene ring substituents is 1. The van der Waals surface area contributed by atoms with Crippen molar-refractivity contribution in [3.63, 3.8) is 0 Å². The number of rotatable bonds is 3. The molecule has 0 radical (unpaired) electrons. The van der Waals surface area contributed by atoms with Crippen LogP contribution in [-0.2, 0) is 9.62 Å². The maximum atomic E-state index is 10.6. The molecule has 0 saturated carbocycles. The molecule has 18 heavy (non-hydrogen) atoms. The molecule has 5 nitrogen and oxygen atoms in total. The molecule has 0 saturated heterocycles. The van der Waals surface area contributed by atoms with E-state index in [1.54, 1.807) is 24.3 Å². The van der Waals surface area contributed by atoms with E-state index >= 15 is 0 Å². The molecule has 92 valence electrons. The van der Waals surface area contributed by atoms with E-state index in [0.717, 1.165) is 0 Å². The van der Waals surface area contributed by atoms with Gasteiger partial charge in [-0.3, -0.25) is 19.7 Å². The molecular formula is C12H11N3O2S. The van der Waals surface area contributed by atoms with Gasteiger partial charge in [-0.1, -0.05) is 18.2 Å². The fraction of sp³-hybridized carbons (Fsp3) is 0. The van der Waals surface area contributed by atoms with Crippen molar-refractivity contribution in [2.75, 3.05) is 0 Å². The SMILES string of the molecule is N=S(=N)(c1ccccc1)c1ccc([N+](=O)[O-])cc1. The highest BCUT2D eigenvalue weighted by Gasteiger charge is 2.11. The van der Waals surface area contributed by atoms with Crippen LogP contribution >= 0.6 is 0 Å². The first-order valence-corrected chi connectivity index (χ1v) is 6.77. The first kappa shape index (κ1) is 12.3. The fourth-order valence-corrected chi connectivity index (χ4v) is 2.91. The normalized spacial score (nSPS) is 11.1. The van der Waals surface area contributed by atoms with Crippen LogP contribution in [0.1, 0.15) is 0 Å². The van der Waals surface area contributed by atoms with E-state index in [2.05, 4.69) is 0 Å². The van der Waals surface area contributed by atoms with Crippen molar-refractivity contribution in [2.45, 2.75) is 9.79 Å². The van der Waals surface area contributed by atoms with Gasteiger partial charge in [0.25, 0.3) is 5.69 Å². The Hall–Kier alpha value is -2.21. The van der Waals surface area contributed by atoms with E-state index in [1.807, 2.05) is 6.07 Å². The summed E-state index contributed by atoms with van der Waals surface area (Å²) in [5, 5.41) is 10.6. The van der Waals surface area contributed by atoms with Gasteiger partial charge in [-0.25, -0.2) is 0 Å². The van der Waals surface area contributed by atoms with Crippen molar-refractivity contribution in [2.24, 2.45) is 0 Å². The summed E-state index contributed by atoms with van der Waals surface area (Å²) < 4.78 is 16.3. The first-order chi connectivity index (χ1) is 8.51.